The first-order chi connectivity index (χ1) is 10.3. The zero-order chi connectivity index (χ0) is 14.7. The summed E-state index contributed by atoms with van der Waals surface area (Å²) < 4.78 is 15.8. The summed E-state index contributed by atoms with van der Waals surface area (Å²) in [6, 6.07) is 4.94. The molecule has 0 bridgehead atoms. The molecule has 2 heterocycles. The minimum atomic E-state index is -0.389. The topological polar surface area (TPSA) is 81.6 Å². The molecule has 1 aromatic carbocycles. The van der Waals surface area contributed by atoms with Gasteiger partial charge in [-0.2, -0.15) is 0 Å². The molecular formula is C14H15FN6. The van der Waals surface area contributed by atoms with Gasteiger partial charge in [-0.05, 0) is 24.6 Å². The van der Waals surface area contributed by atoms with Gasteiger partial charge in [-0.1, -0.05) is 5.21 Å². The van der Waals surface area contributed by atoms with Gasteiger partial charge >= 0.3 is 0 Å². The molecule has 3 rings (SSSR count). The van der Waals surface area contributed by atoms with Crippen LogP contribution in [0.15, 0.2) is 36.8 Å². The van der Waals surface area contributed by atoms with Crippen molar-refractivity contribution in [1.82, 2.24) is 20.0 Å². The van der Waals surface area contributed by atoms with E-state index >= 15 is 0 Å². The van der Waals surface area contributed by atoms with Crippen LogP contribution in [0.2, 0.25) is 0 Å². The van der Waals surface area contributed by atoms with Gasteiger partial charge in [-0.25, -0.2) is 4.39 Å². The van der Waals surface area contributed by atoms with Crippen LogP contribution >= 0.6 is 0 Å². The number of halogens is 1. The Morgan fingerprint density at radius 3 is 3.05 bits per heavy atom. The second-order valence-electron chi connectivity index (χ2n) is 4.67. The summed E-state index contributed by atoms with van der Waals surface area (Å²) in [4.78, 5) is 4.22. The highest BCUT2D eigenvalue weighted by molar-refractivity contribution is 5.98. The third-order valence-electron chi connectivity index (χ3n) is 3.21. The molecule has 0 fully saturated rings. The fraction of sp³-hybridized carbons (Fsp3) is 0.214. The largest absolute Gasteiger partial charge is 0.398 e. The Morgan fingerprint density at radius 2 is 2.24 bits per heavy atom. The van der Waals surface area contributed by atoms with Crippen molar-refractivity contribution in [3.63, 3.8) is 0 Å². The highest BCUT2D eigenvalue weighted by Crippen LogP contribution is 2.29. The molecule has 7 heteroatoms. The SMILES string of the molecule is Nc1cc(F)c(NCCCn2ccnn2)c2ncccc12. The smallest absolute Gasteiger partial charge is 0.150 e. The summed E-state index contributed by atoms with van der Waals surface area (Å²) in [5.74, 6) is -0.389. The van der Waals surface area contributed by atoms with Gasteiger partial charge in [-0.15, -0.1) is 5.10 Å². The third-order valence-corrected chi connectivity index (χ3v) is 3.21. The number of aromatic nitrogens is 4. The summed E-state index contributed by atoms with van der Waals surface area (Å²) >= 11 is 0. The van der Waals surface area contributed by atoms with Gasteiger partial charge in [-0.3, -0.25) is 9.67 Å². The minimum Gasteiger partial charge on any atom is -0.398 e. The second-order valence-corrected chi connectivity index (χ2v) is 4.67. The van der Waals surface area contributed by atoms with Crippen LogP contribution in [0.25, 0.3) is 10.9 Å². The van der Waals surface area contributed by atoms with Gasteiger partial charge in [0.25, 0.3) is 0 Å². The Labute approximate surface area is 120 Å². The second kappa shape index (κ2) is 5.74. The summed E-state index contributed by atoms with van der Waals surface area (Å²) in [5, 5.41) is 11.4. The van der Waals surface area contributed by atoms with Crippen LogP contribution in [0.1, 0.15) is 6.42 Å². The van der Waals surface area contributed by atoms with E-state index in [-0.39, 0.29) is 5.82 Å². The number of nitrogens with one attached hydrogen (secondary N) is 1. The van der Waals surface area contributed by atoms with E-state index in [1.165, 1.54) is 6.07 Å². The Hall–Kier alpha value is -2.70. The van der Waals surface area contributed by atoms with E-state index in [1.54, 1.807) is 29.3 Å². The molecule has 2 aromatic heterocycles. The van der Waals surface area contributed by atoms with Crippen LogP contribution in [-0.2, 0) is 6.54 Å². The van der Waals surface area contributed by atoms with Crippen molar-refractivity contribution in [2.24, 2.45) is 0 Å². The van der Waals surface area contributed by atoms with Crippen molar-refractivity contribution in [2.75, 3.05) is 17.6 Å². The van der Waals surface area contributed by atoms with E-state index in [0.717, 1.165) is 18.4 Å². The first-order valence-electron chi connectivity index (χ1n) is 6.66. The molecule has 0 saturated carbocycles. The Bertz CT molecular complexity index is 741. The van der Waals surface area contributed by atoms with Crippen molar-refractivity contribution in [1.29, 1.82) is 0 Å². The summed E-state index contributed by atoms with van der Waals surface area (Å²) in [5.41, 5.74) is 7.15. The molecule has 3 aromatic rings. The lowest BCUT2D eigenvalue weighted by Crippen LogP contribution is -2.09. The molecule has 6 nitrogen and oxygen atoms in total. The average molecular weight is 286 g/mol. The normalized spacial score (nSPS) is 10.9. The van der Waals surface area contributed by atoms with Gasteiger partial charge in [0.05, 0.1) is 17.4 Å². The monoisotopic (exact) mass is 286 g/mol. The lowest BCUT2D eigenvalue weighted by atomic mass is 10.1. The van der Waals surface area contributed by atoms with E-state index in [4.69, 9.17) is 5.73 Å². The predicted octanol–water partition coefficient (Wildman–Crippen LogP) is 2.05. The number of rotatable bonds is 5. The Kier molecular flexibility index (Phi) is 3.63. The molecule has 108 valence electrons. The standard InChI is InChI=1S/C14H15FN6/c15-11-9-12(16)10-3-1-4-17-13(10)14(11)18-5-2-7-21-8-6-19-20-21/h1,3-4,6,8-9,18H,2,5,7,16H2. The molecule has 0 saturated heterocycles. The number of hydrogen-bond acceptors (Lipinski definition) is 5. The quantitative estimate of drug-likeness (QED) is 0.554. The summed E-state index contributed by atoms with van der Waals surface area (Å²) in [6.07, 6.45) is 5.84. The molecule has 0 unspecified atom stereocenters. The molecule has 21 heavy (non-hydrogen) atoms. The van der Waals surface area contributed by atoms with Gasteiger partial charge in [0.15, 0.2) is 5.82 Å². The highest BCUT2D eigenvalue weighted by atomic mass is 19.1. The molecule has 3 N–H and O–H groups in total. The lowest BCUT2D eigenvalue weighted by Gasteiger charge is -2.11. The number of anilines is 2. The molecular weight excluding hydrogens is 271 g/mol. The van der Waals surface area contributed by atoms with Crippen LogP contribution in [-0.4, -0.2) is 26.5 Å². The van der Waals surface area contributed by atoms with Gasteiger partial charge in [0.2, 0.25) is 0 Å². The van der Waals surface area contributed by atoms with Gasteiger partial charge in [0.1, 0.15) is 0 Å². The van der Waals surface area contributed by atoms with Gasteiger partial charge in [0, 0.05) is 36.6 Å². The zero-order valence-electron chi connectivity index (χ0n) is 11.3. The van der Waals surface area contributed by atoms with Crippen LogP contribution in [0, 0.1) is 5.82 Å². The molecule has 0 aliphatic carbocycles. The minimum absolute atomic E-state index is 0.387. The van der Waals surface area contributed by atoms with Crippen LogP contribution in [0.3, 0.4) is 0 Å². The fourth-order valence-electron chi connectivity index (χ4n) is 2.21. The lowest BCUT2D eigenvalue weighted by molar-refractivity contribution is 0.568. The zero-order valence-corrected chi connectivity index (χ0v) is 11.3. The van der Waals surface area contributed by atoms with E-state index in [0.29, 0.717) is 23.4 Å². The number of benzene rings is 1. The van der Waals surface area contributed by atoms with E-state index in [1.807, 2.05) is 6.07 Å². The van der Waals surface area contributed by atoms with Crippen LogP contribution in [0.5, 0.6) is 0 Å². The van der Waals surface area contributed by atoms with Crippen molar-refractivity contribution < 1.29 is 4.39 Å². The fourth-order valence-corrected chi connectivity index (χ4v) is 2.21. The van der Waals surface area contributed by atoms with E-state index in [9.17, 15) is 4.39 Å². The maximum absolute atomic E-state index is 14.1. The van der Waals surface area contributed by atoms with Crippen molar-refractivity contribution in [3.05, 3.63) is 42.6 Å². The molecule has 0 amide bonds. The van der Waals surface area contributed by atoms with Crippen molar-refractivity contribution in [2.45, 2.75) is 13.0 Å². The number of aryl methyl sites for hydroxylation is 1. The molecule has 0 atom stereocenters. The van der Waals surface area contributed by atoms with Crippen molar-refractivity contribution in [3.8, 4) is 0 Å². The number of nitrogens with zero attached hydrogens (tertiary/aromatic N) is 4. The summed E-state index contributed by atoms with van der Waals surface area (Å²) in [7, 11) is 0. The first kappa shape index (κ1) is 13.3. The van der Waals surface area contributed by atoms with Gasteiger partial charge < -0.3 is 11.1 Å². The maximum Gasteiger partial charge on any atom is 0.150 e. The Balaban J connectivity index is 1.74. The number of nitrogens with two attached hydrogens (primary N) is 1. The predicted molar refractivity (Wildman–Crippen MR) is 79.2 cm³/mol. The van der Waals surface area contributed by atoms with E-state index in [2.05, 4.69) is 20.6 Å². The number of nitrogen functional groups attached to an aromatic ring is 1. The van der Waals surface area contributed by atoms with Crippen LogP contribution < -0.4 is 11.1 Å². The number of pyridine rings is 1. The average Bonchev–Trinajstić information content (AvgIpc) is 2.99. The maximum atomic E-state index is 14.1. The van der Waals surface area contributed by atoms with Crippen LogP contribution in [0.4, 0.5) is 15.8 Å². The van der Waals surface area contributed by atoms with E-state index < -0.39 is 0 Å². The summed E-state index contributed by atoms with van der Waals surface area (Å²) in [6.45, 7) is 1.32. The molecule has 0 radical (unpaired) electrons. The molecule has 0 aliphatic rings. The Morgan fingerprint density at radius 1 is 1.33 bits per heavy atom. The number of hydrogen-bond donors (Lipinski definition) is 2. The number of fused-ring (bicyclic) bond motifs is 1. The van der Waals surface area contributed by atoms with Crippen molar-refractivity contribution >= 4 is 22.3 Å². The first-order valence-corrected chi connectivity index (χ1v) is 6.66. The third kappa shape index (κ3) is 2.76. The highest BCUT2D eigenvalue weighted by Gasteiger charge is 2.11. The molecule has 0 aliphatic heterocycles. The molecule has 0 spiro atoms.